The van der Waals surface area contributed by atoms with Gasteiger partial charge >= 0.3 is 0 Å². The molecular formula is C22H23N5O4S. The number of rotatable bonds is 6. The van der Waals surface area contributed by atoms with E-state index in [9.17, 15) is 13.2 Å². The van der Waals surface area contributed by atoms with Crippen molar-refractivity contribution in [2.75, 3.05) is 38.0 Å². The number of hydrogen-bond acceptors (Lipinski definition) is 7. The number of benzene rings is 2. The van der Waals surface area contributed by atoms with E-state index >= 15 is 0 Å². The van der Waals surface area contributed by atoms with E-state index in [1.165, 1.54) is 4.31 Å². The van der Waals surface area contributed by atoms with Crippen molar-refractivity contribution in [1.29, 1.82) is 0 Å². The first-order valence-electron chi connectivity index (χ1n) is 10.5. The first-order chi connectivity index (χ1) is 15.5. The molecule has 1 fully saturated rings. The molecule has 3 heterocycles. The third kappa shape index (κ3) is 4.16. The molecule has 2 aromatic carbocycles. The number of carbonyl (C=O) groups is 1. The number of anilines is 1. The molecule has 166 valence electrons. The Morgan fingerprint density at radius 1 is 1.00 bits per heavy atom. The van der Waals surface area contributed by atoms with E-state index in [0.29, 0.717) is 50.1 Å². The summed E-state index contributed by atoms with van der Waals surface area (Å²) >= 11 is 0. The highest BCUT2D eigenvalue weighted by Crippen LogP contribution is 2.27. The molecular weight excluding hydrogens is 430 g/mol. The number of fused-ring (bicyclic) bond motifs is 1. The van der Waals surface area contributed by atoms with Crippen LogP contribution in [0.2, 0.25) is 0 Å². The normalized spacial score (nSPS) is 17.3. The Kier molecular flexibility index (Phi) is 5.50. The van der Waals surface area contributed by atoms with Gasteiger partial charge in [-0.15, -0.1) is 10.2 Å². The van der Waals surface area contributed by atoms with Crippen LogP contribution in [0.1, 0.15) is 11.5 Å². The van der Waals surface area contributed by atoms with Gasteiger partial charge in [-0.1, -0.05) is 18.2 Å². The molecule has 2 aliphatic rings. The van der Waals surface area contributed by atoms with E-state index < -0.39 is 10.0 Å². The van der Waals surface area contributed by atoms with E-state index in [-0.39, 0.29) is 17.2 Å². The lowest BCUT2D eigenvalue weighted by Gasteiger charge is -2.33. The van der Waals surface area contributed by atoms with Gasteiger partial charge in [0, 0.05) is 50.4 Å². The van der Waals surface area contributed by atoms with Crippen molar-refractivity contribution in [3.8, 4) is 11.5 Å². The van der Waals surface area contributed by atoms with Crippen molar-refractivity contribution in [3.63, 3.8) is 0 Å². The van der Waals surface area contributed by atoms with Crippen LogP contribution in [0.25, 0.3) is 11.5 Å². The number of nitrogens with one attached hydrogen (secondary N) is 1. The summed E-state index contributed by atoms with van der Waals surface area (Å²) in [5.41, 5.74) is 2.30. The van der Waals surface area contributed by atoms with Gasteiger partial charge in [-0.3, -0.25) is 4.79 Å². The lowest BCUT2D eigenvalue weighted by atomic mass is 10.2. The fraction of sp³-hybridized carbons (Fsp3) is 0.318. The van der Waals surface area contributed by atoms with Gasteiger partial charge in [0.15, 0.2) is 0 Å². The lowest BCUT2D eigenvalue weighted by molar-refractivity contribution is -0.115. The zero-order chi connectivity index (χ0) is 22.1. The molecule has 32 heavy (non-hydrogen) atoms. The fourth-order valence-corrected chi connectivity index (χ4v) is 5.49. The third-order valence-electron chi connectivity index (χ3n) is 5.80. The van der Waals surface area contributed by atoms with E-state index in [0.717, 1.165) is 17.7 Å². The summed E-state index contributed by atoms with van der Waals surface area (Å²) in [7, 11) is -3.59. The summed E-state index contributed by atoms with van der Waals surface area (Å²) in [5, 5.41) is 11.0. The Balaban J connectivity index is 1.16. The van der Waals surface area contributed by atoms with Gasteiger partial charge in [0.2, 0.25) is 27.7 Å². The number of carbonyl (C=O) groups excluding carboxylic acids is 1. The van der Waals surface area contributed by atoms with E-state index in [2.05, 4.69) is 20.4 Å². The van der Waals surface area contributed by atoms with Crippen LogP contribution in [0.15, 0.2) is 57.8 Å². The first-order valence-corrected chi connectivity index (χ1v) is 12.0. The Morgan fingerprint density at radius 2 is 1.78 bits per heavy atom. The van der Waals surface area contributed by atoms with Gasteiger partial charge in [-0.05, 0) is 35.9 Å². The summed E-state index contributed by atoms with van der Waals surface area (Å²) in [6.45, 7) is 2.80. The van der Waals surface area contributed by atoms with Crippen molar-refractivity contribution in [2.24, 2.45) is 0 Å². The number of hydrogen-bond donors (Lipinski definition) is 1. The Morgan fingerprint density at radius 3 is 2.56 bits per heavy atom. The average molecular weight is 454 g/mol. The van der Waals surface area contributed by atoms with Crippen molar-refractivity contribution >= 4 is 21.6 Å². The SMILES string of the molecule is O=C1Cc2cc(S(=O)(=O)N3CCN(CCc4nnc(-c5ccccc5)o4)CC3)ccc2N1. The molecule has 3 aromatic rings. The topological polar surface area (TPSA) is 109 Å². The van der Waals surface area contributed by atoms with Crippen LogP contribution in [0.5, 0.6) is 0 Å². The molecule has 0 unspecified atom stereocenters. The molecule has 0 aliphatic carbocycles. The number of piperazine rings is 1. The molecule has 1 N–H and O–H groups in total. The molecule has 9 nitrogen and oxygen atoms in total. The second-order valence-electron chi connectivity index (χ2n) is 7.91. The summed E-state index contributed by atoms with van der Waals surface area (Å²) in [5.74, 6) is 0.961. The summed E-state index contributed by atoms with van der Waals surface area (Å²) in [6.07, 6.45) is 0.826. The van der Waals surface area contributed by atoms with E-state index in [1.54, 1.807) is 18.2 Å². The van der Waals surface area contributed by atoms with Crippen LogP contribution in [-0.4, -0.2) is 66.5 Å². The largest absolute Gasteiger partial charge is 0.421 e. The molecule has 1 aromatic heterocycles. The predicted molar refractivity (Wildman–Crippen MR) is 117 cm³/mol. The zero-order valence-corrected chi connectivity index (χ0v) is 18.2. The van der Waals surface area contributed by atoms with E-state index in [4.69, 9.17) is 4.42 Å². The summed E-state index contributed by atoms with van der Waals surface area (Å²) in [6, 6.07) is 14.5. The number of sulfonamides is 1. The van der Waals surface area contributed by atoms with Gasteiger partial charge in [-0.2, -0.15) is 4.31 Å². The van der Waals surface area contributed by atoms with Crippen LogP contribution >= 0.6 is 0 Å². The van der Waals surface area contributed by atoms with E-state index in [1.807, 2.05) is 30.3 Å². The van der Waals surface area contributed by atoms with Crippen molar-refractivity contribution < 1.29 is 17.6 Å². The third-order valence-corrected chi connectivity index (χ3v) is 7.69. The fourth-order valence-electron chi connectivity index (χ4n) is 4.01. The molecule has 5 rings (SSSR count). The quantitative estimate of drug-likeness (QED) is 0.606. The first kappa shape index (κ1) is 20.8. The van der Waals surface area contributed by atoms with Gasteiger partial charge in [0.25, 0.3) is 0 Å². The van der Waals surface area contributed by atoms with Gasteiger partial charge in [-0.25, -0.2) is 8.42 Å². The lowest BCUT2D eigenvalue weighted by Crippen LogP contribution is -2.49. The van der Waals surface area contributed by atoms with Gasteiger partial charge < -0.3 is 14.6 Å². The molecule has 0 radical (unpaired) electrons. The average Bonchev–Trinajstić information content (AvgIpc) is 3.43. The van der Waals surface area contributed by atoms with Crippen molar-refractivity contribution in [1.82, 2.24) is 19.4 Å². The van der Waals surface area contributed by atoms with Crippen LogP contribution < -0.4 is 5.32 Å². The maximum Gasteiger partial charge on any atom is 0.247 e. The van der Waals surface area contributed by atoms with Crippen LogP contribution in [-0.2, 0) is 27.7 Å². The minimum absolute atomic E-state index is 0.111. The molecule has 1 amide bonds. The highest BCUT2D eigenvalue weighted by Gasteiger charge is 2.30. The van der Waals surface area contributed by atoms with Crippen LogP contribution in [0.3, 0.4) is 0 Å². The zero-order valence-electron chi connectivity index (χ0n) is 17.4. The highest BCUT2D eigenvalue weighted by atomic mass is 32.2. The smallest absolute Gasteiger partial charge is 0.247 e. The second-order valence-corrected chi connectivity index (χ2v) is 9.84. The van der Waals surface area contributed by atoms with Crippen molar-refractivity contribution in [3.05, 3.63) is 60.0 Å². The summed E-state index contributed by atoms with van der Waals surface area (Å²) < 4.78 is 33.4. The molecule has 2 aliphatic heterocycles. The van der Waals surface area contributed by atoms with Crippen LogP contribution in [0.4, 0.5) is 5.69 Å². The monoisotopic (exact) mass is 453 g/mol. The van der Waals surface area contributed by atoms with Gasteiger partial charge in [0.05, 0.1) is 11.3 Å². The highest BCUT2D eigenvalue weighted by molar-refractivity contribution is 7.89. The molecule has 0 atom stereocenters. The second kappa shape index (κ2) is 8.45. The maximum absolute atomic E-state index is 13.1. The Hall–Kier alpha value is -3.08. The number of nitrogens with zero attached hydrogens (tertiary/aromatic N) is 4. The molecule has 10 heteroatoms. The molecule has 0 bridgehead atoms. The van der Waals surface area contributed by atoms with Gasteiger partial charge in [0.1, 0.15) is 0 Å². The Labute approximate surface area is 186 Å². The molecule has 0 saturated carbocycles. The van der Waals surface area contributed by atoms with Crippen molar-refractivity contribution in [2.45, 2.75) is 17.7 Å². The minimum atomic E-state index is -3.59. The van der Waals surface area contributed by atoms with Crippen LogP contribution in [0, 0.1) is 0 Å². The molecule has 1 saturated heterocycles. The minimum Gasteiger partial charge on any atom is -0.421 e. The Bertz CT molecular complexity index is 1230. The number of amides is 1. The number of aromatic nitrogens is 2. The maximum atomic E-state index is 13.1. The standard InChI is InChI=1S/C22H23N5O4S/c28-20-15-17-14-18(6-7-19(17)23-20)32(29,30)27-12-10-26(11-13-27)9-8-21-24-25-22(31-21)16-4-2-1-3-5-16/h1-7,14H,8-13,15H2,(H,23,28). The predicted octanol–water partition coefficient (Wildman–Crippen LogP) is 1.78. The summed E-state index contributed by atoms with van der Waals surface area (Å²) in [4.78, 5) is 14.0. The molecule has 0 spiro atoms.